The summed E-state index contributed by atoms with van der Waals surface area (Å²) in [5.74, 6) is -1.83. The van der Waals surface area contributed by atoms with E-state index in [1.54, 1.807) is 0 Å². The molecule has 0 saturated carbocycles. The molecule has 0 spiro atoms. The lowest BCUT2D eigenvalue weighted by molar-refractivity contribution is 0.0837. The molecular formula is C16H23F2NO. The molecule has 112 valence electrons. The van der Waals surface area contributed by atoms with Gasteiger partial charge in [-0.15, -0.1) is 0 Å². The molecule has 1 aliphatic rings. The van der Waals surface area contributed by atoms with E-state index in [4.69, 9.17) is 0 Å². The molecule has 1 aromatic rings. The van der Waals surface area contributed by atoms with Crippen LogP contribution in [-0.2, 0) is 0 Å². The number of likely N-dealkylation sites (tertiary alicyclic amines) is 1. The third-order valence-corrected chi connectivity index (χ3v) is 4.22. The number of hydrogen-bond donors (Lipinski definition) is 1. The van der Waals surface area contributed by atoms with Crippen LogP contribution in [0.25, 0.3) is 0 Å². The van der Waals surface area contributed by atoms with Crippen LogP contribution in [0.4, 0.5) is 8.78 Å². The molecular weight excluding hydrogens is 260 g/mol. The lowest BCUT2D eigenvalue weighted by Crippen LogP contribution is -2.37. The molecule has 1 fully saturated rings. The van der Waals surface area contributed by atoms with E-state index in [0.717, 1.165) is 31.9 Å². The molecule has 2 rings (SSSR count). The molecule has 1 aromatic carbocycles. The first-order valence-electron chi connectivity index (χ1n) is 7.49. The van der Waals surface area contributed by atoms with Crippen LogP contribution in [0.15, 0.2) is 18.2 Å². The third kappa shape index (κ3) is 3.55. The topological polar surface area (TPSA) is 23.5 Å². The smallest absolute Gasteiger partial charge is 0.164 e. The Morgan fingerprint density at radius 2 is 2.10 bits per heavy atom. The summed E-state index contributed by atoms with van der Waals surface area (Å²) in [5, 5.41) is 10.2. The van der Waals surface area contributed by atoms with E-state index in [0.29, 0.717) is 12.6 Å². The molecule has 0 aromatic heterocycles. The Hall–Kier alpha value is -1.00. The molecule has 2 nitrogen and oxygen atoms in total. The second kappa shape index (κ2) is 7.14. The van der Waals surface area contributed by atoms with Gasteiger partial charge in [0.2, 0.25) is 0 Å². The summed E-state index contributed by atoms with van der Waals surface area (Å²) in [4.78, 5) is 2.22. The van der Waals surface area contributed by atoms with Gasteiger partial charge in [-0.3, -0.25) is 4.90 Å². The molecule has 0 radical (unpaired) electrons. The van der Waals surface area contributed by atoms with Crippen LogP contribution in [0.2, 0.25) is 0 Å². The Balaban J connectivity index is 2.09. The van der Waals surface area contributed by atoms with Gasteiger partial charge in [-0.25, -0.2) is 8.78 Å². The summed E-state index contributed by atoms with van der Waals surface area (Å²) in [5.41, 5.74) is 0.0594. The number of aliphatic hydroxyl groups excluding tert-OH is 1. The molecule has 2 unspecified atom stereocenters. The minimum absolute atomic E-state index is 0.0594. The lowest BCUT2D eigenvalue weighted by atomic mass is 10.0. The van der Waals surface area contributed by atoms with Gasteiger partial charge in [0.05, 0.1) is 6.10 Å². The van der Waals surface area contributed by atoms with E-state index in [1.807, 2.05) is 0 Å². The summed E-state index contributed by atoms with van der Waals surface area (Å²) in [6.45, 7) is 3.43. The van der Waals surface area contributed by atoms with E-state index < -0.39 is 17.7 Å². The highest BCUT2D eigenvalue weighted by molar-refractivity contribution is 5.21. The average molecular weight is 283 g/mol. The predicted octanol–water partition coefficient (Wildman–Crippen LogP) is 3.65. The Morgan fingerprint density at radius 3 is 2.85 bits per heavy atom. The first-order chi connectivity index (χ1) is 9.63. The van der Waals surface area contributed by atoms with E-state index in [-0.39, 0.29) is 5.56 Å². The number of β-amino-alcohol motifs (C(OH)–C–C–N with tert-alkyl or cyclic N) is 1. The number of halogens is 2. The summed E-state index contributed by atoms with van der Waals surface area (Å²) < 4.78 is 26.9. The van der Waals surface area contributed by atoms with E-state index in [2.05, 4.69) is 11.8 Å². The number of benzene rings is 1. The van der Waals surface area contributed by atoms with E-state index in [9.17, 15) is 13.9 Å². The van der Waals surface area contributed by atoms with Crippen molar-refractivity contribution in [3.05, 3.63) is 35.4 Å². The van der Waals surface area contributed by atoms with Gasteiger partial charge in [-0.05, 0) is 31.9 Å². The van der Waals surface area contributed by atoms with Crippen molar-refractivity contribution in [2.75, 3.05) is 13.1 Å². The molecule has 0 amide bonds. The highest BCUT2D eigenvalue weighted by atomic mass is 19.2. The zero-order valence-electron chi connectivity index (χ0n) is 12.0. The fourth-order valence-electron chi connectivity index (χ4n) is 3.04. The predicted molar refractivity (Wildman–Crippen MR) is 75.4 cm³/mol. The lowest BCUT2D eigenvalue weighted by Gasteiger charge is -2.31. The van der Waals surface area contributed by atoms with Crippen molar-refractivity contribution in [2.24, 2.45) is 0 Å². The van der Waals surface area contributed by atoms with Gasteiger partial charge in [0.1, 0.15) is 0 Å². The molecule has 0 bridgehead atoms. The van der Waals surface area contributed by atoms with Crippen LogP contribution in [0.5, 0.6) is 0 Å². The van der Waals surface area contributed by atoms with Crippen LogP contribution < -0.4 is 0 Å². The summed E-state index contributed by atoms with van der Waals surface area (Å²) in [6, 6.07) is 4.41. The summed E-state index contributed by atoms with van der Waals surface area (Å²) >= 11 is 0. The fourth-order valence-corrected chi connectivity index (χ4v) is 3.04. The molecule has 1 saturated heterocycles. The molecule has 20 heavy (non-hydrogen) atoms. The maximum atomic E-state index is 13.7. The van der Waals surface area contributed by atoms with Crippen LogP contribution in [0.1, 0.15) is 50.7 Å². The Labute approximate surface area is 119 Å². The van der Waals surface area contributed by atoms with Gasteiger partial charge in [0.25, 0.3) is 0 Å². The number of hydrogen-bond acceptors (Lipinski definition) is 2. The second-order valence-corrected chi connectivity index (χ2v) is 5.57. The number of rotatable bonds is 4. The number of aliphatic hydroxyl groups is 1. The Bertz CT molecular complexity index is 438. The van der Waals surface area contributed by atoms with Gasteiger partial charge >= 0.3 is 0 Å². The van der Waals surface area contributed by atoms with E-state index in [1.165, 1.54) is 25.0 Å². The minimum atomic E-state index is -0.974. The van der Waals surface area contributed by atoms with Crippen molar-refractivity contribution < 1.29 is 13.9 Å². The molecule has 1 heterocycles. The average Bonchev–Trinajstić information content (AvgIpc) is 2.66. The van der Waals surface area contributed by atoms with Crippen molar-refractivity contribution in [2.45, 2.75) is 51.2 Å². The molecule has 4 heteroatoms. The zero-order chi connectivity index (χ0) is 14.5. The normalized spacial score (nSPS) is 22.5. The third-order valence-electron chi connectivity index (χ3n) is 4.22. The molecule has 0 aliphatic carbocycles. The Kier molecular flexibility index (Phi) is 5.49. The second-order valence-electron chi connectivity index (χ2n) is 5.57. The first-order valence-corrected chi connectivity index (χ1v) is 7.49. The fraction of sp³-hybridized carbons (Fsp3) is 0.625. The zero-order valence-corrected chi connectivity index (χ0v) is 12.0. The maximum Gasteiger partial charge on any atom is 0.164 e. The van der Waals surface area contributed by atoms with Crippen molar-refractivity contribution in [3.8, 4) is 0 Å². The number of nitrogens with zero attached hydrogens (tertiary/aromatic N) is 1. The first kappa shape index (κ1) is 15.4. The molecule has 1 N–H and O–H groups in total. The van der Waals surface area contributed by atoms with Crippen LogP contribution >= 0.6 is 0 Å². The van der Waals surface area contributed by atoms with Crippen molar-refractivity contribution in [3.63, 3.8) is 0 Å². The highest BCUT2D eigenvalue weighted by Gasteiger charge is 2.24. The van der Waals surface area contributed by atoms with E-state index >= 15 is 0 Å². The SMILES string of the molecule is CCC1CCCCCN1CC(O)c1cccc(F)c1F. The monoisotopic (exact) mass is 283 g/mol. The summed E-state index contributed by atoms with van der Waals surface area (Å²) in [7, 11) is 0. The summed E-state index contributed by atoms with van der Waals surface area (Å²) in [6.07, 6.45) is 4.69. The van der Waals surface area contributed by atoms with Gasteiger partial charge < -0.3 is 5.11 Å². The molecule has 2 atom stereocenters. The molecule has 1 aliphatic heterocycles. The largest absolute Gasteiger partial charge is 0.387 e. The minimum Gasteiger partial charge on any atom is -0.387 e. The van der Waals surface area contributed by atoms with Crippen LogP contribution in [0, 0.1) is 11.6 Å². The highest BCUT2D eigenvalue weighted by Crippen LogP contribution is 2.24. The standard InChI is InChI=1S/C16H23F2NO/c1-2-12-7-4-3-5-10-19(12)11-15(20)13-8-6-9-14(17)16(13)18/h6,8-9,12,15,20H,2-5,7,10-11H2,1H3. The van der Waals surface area contributed by atoms with Crippen molar-refractivity contribution in [1.82, 2.24) is 4.90 Å². The van der Waals surface area contributed by atoms with Crippen LogP contribution in [0.3, 0.4) is 0 Å². The maximum absolute atomic E-state index is 13.7. The Morgan fingerprint density at radius 1 is 1.30 bits per heavy atom. The van der Waals surface area contributed by atoms with Gasteiger partial charge in [-0.1, -0.05) is 31.9 Å². The van der Waals surface area contributed by atoms with Crippen molar-refractivity contribution >= 4 is 0 Å². The quantitative estimate of drug-likeness (QED) is 0.911. The van der Waals surface area contributed by atoms with Crippen LogP contribution in [-0.4, -0.2) is 29.1 Å². The van der Waals surface area contributed by atoms with Gasteiger partial charge in [-0.2, -0.15) is 0 Å². The van der Waals surface area contributed by atoms with Gasteiger partial charge in [0.15, 0.2) is 11.6 Å². The van der Waals surface area contributed by atoms with Gasteiger partial charge in [0, 0.05) is 18.2 Å². The van der Waals surface area contributed by atoms with Crippen molar-refractivity contribution in [1.29, 1.82) is 0 Å².